The smallest absolute Gasteiger partial charge is 0.272 e. The van der Waals surface area contributed by atoms with E-state index in [1.165, 1.54) is 25.1 Å². The van der Waals surface area contributed by atoms with Crippen LogP contribution in [0.2, 0.25) is 0 Å². The first-order valence-electron chi connectivity index (χ1n) is 7.10. The molecule has 0 bridgehead atoms. The summed E-state index contributed by atoms with van der Waals surface area (Å²) in [5.41, 5.74) is 0.410. The minimum Gasteiger partial charge on any atom is -0.481 e. The molecule has 1 aliphatic rings. The van der Waals surface area contributed by atoms with Gasteiger partial charge in [-0.15, -0.1) is 0 Å². The topological polar surface area (TPSA) is 116 Å². The highest BCUT2D eigenvalue weighted by molar-refractivity contribution is 7.91. The molecule has 9 heteroatoms. The van der Waals surface area contributed by atoms with Crippen LogP contribution in [0.15, 0.2) is 18.2 Å². The molecule has 0 spiro atoms. The number of nitrogens with one attached hydrogen (secondary N) is 1. The van der Waals surface area contributed by atoms with E-state index in [-0.39, 0.29) is 17.2 Å². The molecule has 126 valence electrons. The third-order valence-electron chi connectivity index (χ3n) is 3.63. The average Bonchev–Trinajstić information content (AvgIpc) is 2.77. The van der Waals surface area contributed by atoms with Gasteiger partial charge in [-0.1, -0.05) is 0 Å². The maximum absolute atomic E-state index is 12.0. The largest absolute Gasteiger partial charge is 0.481 e. The Morgan fingerprint density at radius 3 is 2.70 bits per heavy atom. The maximum Gasteiger partial charge on any atom is 0.272 e. The van der Waals surface area contributed by atoms with Gasteiger partial charge in [0, 0.05) is 17.7 Å². The first kappa shape index (κ1) is 17.2. The van der Waals surface area contributed by atoms with Gasteiger partial charge in [-0.3, -0.25) is 14.9 Å². The van der Waals surface area contributed by atoms with Crippen molar-refractivity contribution in [2.75, 3.05) is 11.5 Å². The second-order valence-corrected chi connectivity index (χ2v) is 7.80. The lowest BCUT2D eigenvalue weighted by Crippen LogP contribution is -2.43. The summed E-state index contributed by atoms with van der Waals surface area (Å²) in [7, 11) is -3.06. The molecule has 0 radical (unpaired) electrons. The molecule has 0 aliphatic carbocycles. The molecule has 23 heavy (non-hydrogen) atoms. The second-order valence-electron chi connectivity index (χ2n) is 5.57. The molecule has 2 atom stereocenters. The van der Waals surface area contributed by atoms with Crippen LogP contribution in [0.1, 0.15) is 18.9 Å². The summed E-state index contributed by atoms with van der Waals surface area (Å²) >= 11 is 0. The van der Waals surface area contributed by atoms with Gasteiger partial charge in [0.15, 0.2) is 15.9 Å². The third kappa shape index (κ3) is 4.41. The van der Waals surface area contributed by atoms with Crippen LogP contribution < -0.4 is 10.1 Å². The number of nitro benzene ring substituents is 1. The minimum atomic E-state index is -3.06. The number of ether oxygens (including phenoxy) is 1. The summed E-state index contributed by atoms with van der Waals surface area (Å²) in [6.45, 7) is 3.12. The van der Waals surface area contributed by atoms with Gasteiger partial charge in [0.05, 0.1) is 16.4 Å². The molecule has 0 unspecified atom stereocenters. The number of carbonyl (C=O) groups is 1. The Balaban J connectivity index is 1.96. The van der Waals surface area contributed by atoms with E-state index in [1.807, 2.05) is 0 Å². The molecule has 0 saturated carbocycles. The van der Waals surface area contributed by atoms with E-state index in [4.69, 9.17) is 4.74 Å². The predicted molar refractivity (Wildman–Crippen MR) is 83.1 cm³/mol. The summed E-state index contributed by atoms with van der Waals surface area (Å²) in [5, 5.41) is 13.4. The van der Waals surface area contributed by atoms with Gasteiger partial charge in [0.2, 0.25) is 0 Å². The molecule has 1 aromatic carbocycles. The normalized spacial score (nSPS) is 20.7. The first-order chi connectivity index (χ1) is 10.7. The van der Waals surface area contributed by atoms with Crippen LogP contribution >= 0.6 is 0 Å². The number of benzene rings is 1. The molecule has 1 saturated heterocycles. The number of aryl methyl sites for hydroxylation is 1. The van der Waals surface area contributed by atoms with Gasteiger partial charge < -0.3 is 10.1 Å². The van der Waals surface area contributed by atoms with Crippen molar-refractivity contribution in [1.29, 1.82) is 0 Å². The summed E-state index contributed by atoms with van der Waals surface area (Å²) in [5.74, 6) is -0.0468. The number of rotatable bonds is 5. The summed E-state index contributed by atoms with van der Waals surface area (Å²) in [4.78, 5) is 22.3. The molecule has 1 aromatic rings. The zero-order valence-electron chi connectivity index (χ0n) is 12.8. The highest BCUT2D eigenvalue weighted by atomic mass is 32.2. The zero-order chi connectivity index (χ0) is 17.2. The van der Waals surface area contributed by atoms with E-state index in [0.29, 0.717) is 17.7 Å². The highest BCUT2D eigenvalue weighted by Gasteiger charge is 2.30. The van der Waals surface area contributed by atoms with Gasteiger partial charge in [0.25, 0.3) is 11.6 Å². The zero-order valence-corrected chi connectivity index (χ0v) is 13.6. The lowest BCUT2D eigenvalue weighted by atomic mass is 10.2. The molecule has 8 nitrogen and oxygen atoms in total. The van der Waals surface area contributed by atoms with Gasteiger partial charge >= 0.3 is 0 Å². The van der Waals surface area contributed by atoms with E-state index in [0.717, 1.165) is 0 Å². The fraction of sp³-hybridized carbons (Fsp3) is 0.500. The number of nitrogens with zero attached hydrogens (tertiary/aromatic N) is 1. The third-order valence-corrected chi connectivity index (χ3v) is 5.39. The summed E-state index contributed by atoms with van der Waals surface area (Å²) in [6.07, 6.45) is -0.434. The summed E-state index contributed by atoms with van der Waals surface area (Å²) < 4.78 is 28.2. The van der Waals surface area contributed by atoms with Crippen molar-refractivity contribution in [3.63, 3.8) is 0 Å². The molecule has 0 aromatic heterocycles. The van der Waals surface area contributed by atoms with Crippen molar-refractivity contribution in [2.24, 2.45) is 0 Å². The van der Waals surface area contributed by atoms with Crippen molar-refractivity contribution in [3.8, 4) is 5.75 Å². The number of sulfone groups is 1. The molecule has 1 N–H and O–H groups in total. The van der Waals surface area contributed by atoms with Crippen LogP contribution in [-0.4, -0.2) is 42.9 Å². The van der Waals surface area contributed by atoms with Crippen molar-refractivity contribution in [2.45, 2.75) is 32.4 Å². The van der Waals surface area contributed by atoms with Crippen LogP contribution in [0, 0.1) is 17.0 Å². The molecular weight excluding hydrogens is 324 g/mol. The molecule has 1 amide bonds. The minimum absolute atomic E-state index is 0.0226. The van der Waals surface area contributed by atoms with E-state index < -0.39 is 32.8 Å². The second kappa shape index (κ2) is 6.53. The Kier molecular flexibility index (Phi) is 4.88. The van der Waals surface area contributed by atoms with E-state index in [2.05, 4.69) is 5.32 Å². The molecular formula is C14H18N2O6S. The van der Waals surface area contributed by atoms with Gasteiger partial charge in [-0.2, -0.15) is 0 Å². The van der Waals surface area contributed by atoms with Gasteiger partial charge in [0.1, 0.15) is 5.75 Å². The molecule has 1 aliphatic heterocycles. The Bertz CT molecular complexity index is 731. The number of hydrogen-bond donors (Lipinski definition) is 1. The molecule has 1 fully saturated rings. The Morgan fingerprint density at radius 1 is 1.48 bits per heavy atom. The van der Waals surface area contributed by atoms with Crippen LogP contribution in [0.4, 0.5) is 5.69 Å². The van der Waals surface area contributed by atoms with Crippen LogP contribution in [0.3, 0.4) is 0 Å². The van der Waals surface area contributed by atoms with Crippen LogP contribution in [-0.2, 0) is 14.6 Å². The lowest BCUT2D eigenvalue weighted by molar-refractivity contribution is -0.385. The van der Waals surface area contributed by atoms with Gasteiger partial charge in [-0.05, 0) is 32.4 Å². The predicted octanol–water partition coefficient (Wildman–Crippen LogP) is 0.974. The fourth-order valence-corrected chi connectivity index (χ4v) is 4.06. The first-order valence-corrected chi connectivity index (χ1v) is 8.92. The SMILES string of the molecule is Cc1cc(O[C@@H](C)C(=O)N[C@@H]2CCS(=O)(=O)C2)ccc1[N+](=O)[O-]. The van der Waals surface area contributed by atoms with Crippen molar-refractivity contribution < 1.29 is 22.9 Å². The monoisotopic (exact) mass is 342 g/mol. The van der Waals surface area contributed by atoms with E-state index >= 15 is 0 Å². The fourth-order valence-electron chi connectivity index (χ4n) is 2.39. The molecule has 1 heterocycles. The average molecular weight is 342 g/mol. The van der Waals surface area contributed by atoms with E-state index in [9.17, 15) is 23.3 Å². The number of carbonyl (C=O) groups excluding carboxylic acids is 1. The Morgan fingerprint density at radius 2 is 2.17 bits per heavy atom. The highest BCUT2D eigenvalue weighted by Crippen LogP contribution is 2.23. The number of hydrogen-bond acceptors (Lipinski definition) is 6. The van der Waals surface area contributed by atoms with Crippen LogP contribution in [0.25, 0.3) is 0 Å². The van der Waals surface area contributed by atoms with E-state index in [1.54, 1.807) is 6.92 Å². The van der Waals surface area contributed by atoms with Gasteiger partial charge in [-0.25, -0.2) is 8.42 Å². The van der Waals surface area contributed by atoms with Crippen molar-refractivity contribution >= 4 is 21.4 Å². The quantitative estimate of drug-likeness (QED) is 0.630. The standard InChI is InChI=1S/C14H18N2O6S/c1-9-7-12(3-4-13(9)16(18)19)22-10(2)14(17)15-11-5-6-23(20,21)8-11/h3-4,7,10-11H,5-6,8H2,1-2H3,(H,15,17)/t10-,11+/m0/s1. The van der Waals surface area contributed by atoms with Crippen LogP contribution in [0.5, 0.6) is 5.75 Å². The summed E-state index contributed by atoms with van der Waals surface area (Å²) in [6, 6.07) is 3.84. The Labute approximate surface area is 133 Å². The molecule has 2 rings (SSSR count). The number of amides is 1. The maximum atomic E-state index is 12.0. The lowest BCUT2D eigenvalue weighted by Gasteiger charge is -2.17. The number of nitro groups is 1. The Hall–Kier alpha value is -2.16. The van der Waals surface area contributed by atoms with Crippen molar-refractivity contribution in [1.82, 2.24) is 5.32 Å². The van der Waals surface area contributed by atoms with Crippen molar-refractivity contribution in [3.05, 3.63) is 33.9 Å².